The van der Waals surface area contributed by atoms with Gasteiger partial charge >= 0.3 is 6.03 Å². The number of rotatable bonds is 5. The van der Waals surface area contributed by atoms with E-state index in [0.717, 1.165) is 12.1 Å². The lowest BCUT2D eigenvalue weighted by atomic mass is 9.83. The minimum Gasteiger partial charge on any atom is -0.497 e. The summed E-state index contributed by atoms with van der Waals surface area (Å²) in [7, 11) is 1.57. The van der Waals surface area contributed by atoms with Crippen LogP contribution >= 0.6 is 0 Å². The van der Waals surface area contributed by atoms with Gasteiger partial charge in [-0.2, -0.15) is 0 Å². The Balaban J connectivity index is 1.44. The summed E-state index contributed by atoms with van der Waals surface area (Å²) >= 11 is 0. The number of piperidine rings is 1. The number of nitrogens with zero attached hydrogens (tertiary/aromatic N) is 2. The number of carbonyl (C=O) groups excluding carboxylic acids is 2. The second-order valence-electron chi connectivity index (χ2n) is 9.00. The standard InChI is InChI=1S/C24H30N4O4/c1-15(2)22(23(30)25-18-6-4-7-19(11-18)32-3)26-24(31)27-12-16-10-17(14-27)20-8-5-9-21(29)28(20)13-16/h4-9,11,15-17,22H,10,12-14H2,1-3H3,(H,25,30)(H,26,31)/t16?,17?,22-/m0/s1. The molecule has 8 nitrogen and oxygen atoms in total. The summed E-state index contributed by atoms with van der Waals surface area (Å²) in [6.45, 7) is 5.55. The lowest BCUT2D eigenvalue weighted by Crippen LogP contribution is -2.56. The van der Waals surface area contributed by atoms with E-state index in [4.69, 9.17) is 4.74 Å². The lowest BCUT2D eigenvalue weighted by Gasteiger charge is -2.43. The number of hydrogen-bond donors (Lipinski definition) is 2. The Morgan fingerprint density at radius 3 is 2.62 bits per heavy atom. The molecule has 2 aliphatic rings. The van der Waals surface area contributed by atoms with Gasteiger partial charge in [-0.1, -0.05) is 26.0 Å². The minimum atomic E-state index is -0.676. The van der Waals surface area contributed by atoms with Crippen LogP contribution in [0.15, 0.2) is 47.3 Å². The maximum atomic E-state index is 13.1. The van der Waals surface area contributed by atoms with Crippen LogP contribution in [-0.4, -0.2) is 47.6 Å². The van der Waals surface area contributed by atoms with Crippen molar-refractivity contribution in [1.82, 2.24) is 14.8 Å². The average molecular weight is 439 g/mol. The first kappa shape index (κ1) is 21.9. The quantitative estimate of drug-likeness (QED) is 0.751. The van der Waals surface area contributed by atoms with E-state index in [1.165, 1.54) is 0 Å². The van der Waals surface area contributed by atoms with Crippen LogP contribution in [0.2, 0.25) is 0 Å². The van der Waals surface area contributed by atoms with Gasteiger partial charge in [0, 0.05) is 49.1 Å². The van der Waals surface area contributed by atoms with Crippen molar-refractivity contribution in [2.45, 2.75) is 38.8 Å². The number of methoxy groups -OCH3 is 1. The summed E-state index contributed by atoms with van der Waals surface area (Å²) in [4.78, 5) is 40.1. The molecule has 0 aliphatic carbocycles. The zero-order valence-corrected chi connectivity index (χ0v) is 18.7. The number of nitrogens with one attached hydrogen (secondary N) is 2. The fraction of sp³-hybridized carbons (Fsp3) is 0.458. The van der Waals surface area contributed by atoms with Crippen LogP contribution in [0.1, 0.15) is 31.9 Å². The van der Waals surface area contributed by atoms with E-state index in [9.17, 15) is 14.4 Å². The maximum Gasteiger partial charge on any atom is 0.318 e. The number of urea groups is 1. The van der Waals surface area contributed by atoms with Gasteiger partial charge in [-0.25, -0.2) is 4.79 Å². The molecule has 1 fully saturated rings. The predicted molar refractivity (Wildman–Crippen MR) is 122 cm³/mol. The van der Waals surface area contributed by atoms with Crippen LogP contribution in [0, 0.1) is 11.8 Å². The Kier molecular flexibility index (Phi) is 6.21. The average Bonchev–Trinajstić information content (AvgIpc) is 2.77. The second-order valence-corrected chi connectivity index (χ2v) is 9.00. The van der Waals surface area contributed by atoms with Crippen LogP contribution in [0.4, 0.5) is 10.5 Å². The minimum absolute atomic E-state index is 0.0178. The molecule has 170 valence electrons. The van der Waals surface area contributed by atoms with Gasteiger partial charge in [-0.3, -0.25) is 9.59 Å². The molecule has 3 heterocycles. The number of aromatic nitrogens is 1. The summed E-state index contributed by atoms with van der Waals surface area (Å²) in [5.74, 6) is 0.650. The topological polar surface area (TPSA) is 92.7 Å². The molecule has 3 amide bonds. The van der Waals surface area contributed by atoms with E-state index in [1.54, 1.807) is 48.4 Å². The summed E-state index contributed by atoms with van der Waals surface area (Å²) in [6.07, 6.45) is 0.969. The van der Waals surface area contributed by atoms with Crippen LogP contribution in [0.25, 0.3) is 0 Å². The first-order valence-corrected chi connectivity index (χ1v) is 11.1. The molecule has 2 bridgehead atoms. The third kappa shape index (κ3) is 4.49. The monoisotopic (exact) mass is 438 g/mol. The highest BCUT2D eigenvalue weighted by Crippen LogP contribution is 2.35. The molecule has 3 atom stereocenters. The number of carbonyl (C=O) groups is 2. The predicted octanol–water partition coefficient (Wildman–Crippen LogP) is 2.65. The zero-order chi connectivity index (χ0) is 22.8. The Morgan fingerprint density at radius 1 is 1.09 bits per heavy atom. The summed E-state index contributed by atoms with van der Waals surface area (Å²) in [5.41, 5.74) is 1.62. The Bertz CT molecular complexity index is 1060. The second kappa shape index (κ2) is 9.06. The van der Waals surface area contributed by atoms with Crippen molar-refractivity contribution in [1.29, 1.82) is 0 Å². The highest BCUT2D eigenvalue weighted by molar-refractivity contribution is 5.97. The first-order valence-electron chi connectivity index (χ1n) is 11.1. The van der Waals surface area contributed by atoms with Gasteiger partial charge in [0.05, 0.1) is 7.11 Å². The highest BCUT2D eigenvalue weighted by Gasteiger charge is 2.37. The Morgan fingerprint density at radius 2 is 1.88 bits per heavy atom. The van der Waals surface area contributed by atoms with Gasteiger partial charge < -0.3 is 24.8 Å². The SMILES string of the molecule is COc1cccc(NC(=O)[C@@H](NC(=O)N2CC3CC(C2)c2cccc(=O)n2C3)C(C)C)c1. The smallest absolute Gasteiger partial charge is 0.318 e. The van der Waals surface area contributed by atoms with Crippen LogP contribution in [0.3, 0.4) is 0 Å². The van der Waals surface area contributed by atoms with E-state index in [1.807, 2.05) is 24.5 Å². The molecule has 1 saturated heterocycles. The van der Waals surface area contributed by atoms with Gasteiger partial charge in [0.15, 0.2) is 0 Å². The van der Waals surface area contributed by atoms with E-state index in [-0.39, 0.29) is 35.3 Å². The third-order valence-corrected chi connectivity index (χ3v) is 6.33. The lowest BCUT2D eigenvalue weighted by molar-refractivity contribution is -0.118. The molecule has 8 heteroatoms. The molecule has 2 aliphatic heterocycles. The van der Waals surface area contributed by atoms with E-state index in [0.29, 0.717) is 31.1 Å². The van der Waals surface area contributed by atoms with Gasteiger partial charge in [0.2, 0.25) is 5.91 Å². The number of amides is 3. The Labute approximate surface area is 187 Å². The van der Waals surface area contributed by atoms with Crippen LogP contribution < -0.4 is 20.9 Å². The molecule has 0 spiro atoms. The normalized spacial score (nSPS) is 20.3. The molecule has 0 radical (unpaired) electrons. The number of ether oxygens (including phenoxy) is 1. The molecule has 2 unspecified atom stereocenters. The number of fused-ring (bicyclic) bond motifs is 4. The van der Waals surface area contributed by atoms with Gasteiger partial charge in [-0.05, 0) is 36.5 Å². The van der Waals surface area contributed by atoms with Crippen molar-refractivity contribution >= 4 is 17.6 Å². The van der Waals surface area contributed by atoms with Crippen molar-refractivity contribution in [3.8, 4) is 5.75 Å². The number of pyridine rings is 1. The molecule has 1 aromatic carbocycles. The van der Waals surface area contributed by atoms with Crippen molar-refractivity contribution in [3.63, 3.8) is 0 Å². The van der Waals surface area contributed by atoms with Crippen molar-refractivity contribution in [2.24, 2.45) is 11.8 Å². The van der Waals surface area contributed by atoms with Crippen molar-refractivity contribution < 1.29 is 14.3 Å². The number of anilines is 1. The summed E-state index contributed by atoms with van der Waals surface area (Å²) in [6, 6.07) is 11.5. The molecule has 1 aromatic heterocycles. The summed E-state index contributed by atoms with van der Waals surface area (Å²) in [5, 5.41) is 5.81. The zero-order valence-electron chi connectivity index (χ0n) is 18.7. The van der Waals surface area contributed by atoms with Crippen molar-refractivity contribution in [3.05, 3.63) is 58.5 Å². The van der Waals surface area contributed by atoms with Crippen LogP contribution in [0.5, 0.6) is 5.75 Å². The molecule has 0 saturated carbocycles. The largest absolute Gasteiger partial charge is 0.497 e. The van der Waals surface area contributed by atoms with E-state index in [2.05, 4.69) is 10.6 Å². The fourth-order valence-electron chi connectivity index (χ4n) is 4.74. The van der Waals surface area contributed by atoms with Crippen LogP contribution in [-0.2, 0) is 11.3 Å². The van der Waals surface area contributed by atoms with Crippen molar-refractivity contribution in [2.75, 3.05) is 25.5 Å². The molecule has 4 rings (SSSR count). The molecule has 32 heavy (non-hydrogen) atoms. The van der Waals surface area contributed by atoms with E-state index >= 15 is 0 Å². The fourth-order valence-corrected chi connectivity index (χ4v) is 4.74. The number of benzene rings is 1. The third-order valence-electron chi connectivity index (χ3n) is 6.33. The molecule has 2 aromatic rings. The van der Waals surface area contributed by atoms with Gasteiger partial charge in [-0.15, -0.1) is 0 Å². The molecule has 2 N–H and O–H groups in total. The highest BCUT2D eigenvalue weighted by atomic mass is 16.5. The van der Waals surface area contributed by atoms with Gasteiger partial charge in [0.25, 0.3) is 5.56 Å². The Hall–Kier alpha value is -3.29. The molecular formula is C24H30N4O4. The maximum absolute atomic E-state index is 13.1. The van der Waals surface area contributed by atoms with Gasteiger partial charge in [0.1, 0.15) is 11.8 Å². The first-order chi connectivity index (χ1) is 15.4. The number of hydrogen-bond acceptors (Lipinski definition) is 4. The summed E-state index contributed by atoms with van der Waals surface area (Å²) < 4.78 is 7.05. The molecular weight excluding hydrogens is 408 g/mol. The van der Waals surface area contributed by atoms with E-state index < -0.39 is 6.04 Å². The number of likely N-dealkylation sites (tertiary alicyclic amines) is 1.